The highest BCUT2D eigenvalue weighted by Crippen LogP contribution is 2.17. The number of carbonyl (C=O) groups excluding carboxylic acids is 2. The molecule has 0 aliphatic rings. The molecule has 2 aromatic rings. The van der Waals surface area contributed by atoms with Crippen LogP contribution in [0.2, 0.25) is 0 Å². The lowest BCUT2D eigenvalue weighted by molar-refractivity contribution is -0.113. The molecule has 1 aromatic carbocycles. The number of imidazole rings is 1. The van der Waals surface area contributed by atoms with Gasteiger partial charge in [-0.25, -0.2) is 4.98 Å². The molecule has 0 aliphatic heterocycles. The molecule has 1 heterocycles. The Morgan fingerprint density at radius 3 is 2.87 bits per heavy atom. The number of nitrogens with zero attached hydrogens (tertiary/aromatic N) is 2. The van der Waals surface area contributed by atoms with Crippen molar-refractivity contribution in [1.82, 2.24) is 14.9 Å². The van der Waals surface area contributed by atoms with E-state index in [1.165, 1.54) is 11.8 Å². The highest BCUT2D eigenvalue weighted by atomic mass is 32.2. The van der Waals surface area contributed by atoms with Gasteiger partial charge in [-0.05, 0) is 32.0 Å². The van der Waals surface area contributed by atoms with Crippen LogP contribution >= 0.6 is 11.8 Å². The molecule has 0 aliphatic carbocycles. The average Bonchev–Trinajstić information content (AvgIpc) is 3.01. The van der Waals surface area contributed by atoms with E-state index in [2.05, 4.69) is 15.6 Å². The standard InChI is InChI=1S/C16H20N4O2S/c1-3-17-15(22)12-6-5-7-13(10-12)19-14(21)11-23-16-18-8-9-20(16)4-2/h5-10H,3-4,11H2,1-2H3,(H,17,22)(H,19,21). The Morgan fingerprint density at radius 1 is 1.30 bits per heavy atom. The third-order valence-corrected chi connectivity index (χ3v) is 4.10. The number of nitrogens with one attached hydrogen (secondary N) is 2. The summed E-state index contributed by atoms with van der Waals surface area (Å²) in [5, 5.41) is 6.35. The molecule has 0 saturated carbocycles. The van der Waals surface area contributed by atoms with Crippen LogP contribution in [0.15, 0.2) is 41.8 Å². The van der Waals surface area contributed by atoms with E-state index in [1.54, 1.807) is 30.5 Å². The van der Waals surface area contributed by atoms with Gasteiger partial charge in [0.05, 0.1) is 5.75 Å². The van der Waals surface area contributed by atoms with Gasteiger partial charge in [0.1, 0.15) is 0 Å². The highest BCUT2D eigenvalue weighted by Gasteiger charge is 2.09. The summed E-state index contributed by atoms with van der Waals surface area (Å²) in [7, 11) is 0. The average molecular weight is 332 g/mol. The summed E-state index contributed by atoms with van der Waals surface area (Å²) >= 11 is 1.38. The van der Waals surface area contributed by atoms with Crippen molar-refractivity contribution in [2.75, 3.05) is 17.6 Å². The first-order valence-corrected chi connectivity index (χ1v) is 8.44. The number of rotatable bonds is 7. The van der Waals surface area contributed by atoms with E-state index in [-0.39, 0.29) is 17.6 Å². The summed E-state index contributed by atoms with van der Waals surface area (Å²) in [5.74, 6) is -0.0146. The fourth-order valence-electron chi connectivity index (χ4n) is 2.00. The Kier molecular flexibility index (Phi) is 6.22. The van der Waals surface area contributed by atoms with E-state index in [0.29, 0.717) is 17.8 Å². The Labute approximate surface area is 139 Å². The van der Waals surface area contributed by atoms with Crippen LogP contribution in [0.5, 0.6) is 0 Å². The number of carbonyl (C=O) groups is 2. The zero-order valence-corrected chi connectivity index (χ0v) is 14.0. The molecule has 0 saturated heterocycles. The van der Waals surface area contributed by atoms with Crippen LogP contribution in [-0.2, 0) is 11.3 Å². The first-order valence-electron chi connectivity index (χ1n) is 7.46. The normalized spacial score (nSPS) is 10.3. The Morgan fingerprint density at radius 2 is 2.13 bits per heavy atom. The predicted octanol–water partition coefficient (Wildman–Crippen LogP) is 2.38. The van der Waals surface area contributed by atoms with Crippen LogP contribution < -0.4 is 10.6 Å². The third-order valence-electron chi connectivity index (χ3n) is 3.10. The summed E-state index contributed by atoms with van der Waals surface area (Å²) in [6.45, 7) is 5.27. The van der Waals surface area contributed by atoms with Crippen LogP contribution in [0.25, 0.3) is 0 Å². The van der Waals surface area contributed by atoms with Crippen molar-refractivity contribution in [3.05, 3.63) is 42.2 Å². The summed E-state index contributed by atoms with van der Waals surface area (Å²) < 4.78 is 1.98. The van der Waals surface area contributed by atoms with Gasteiger partial charge in [-0.15, -0.1) is 0 Å². The summed E-state index contributed by atoms with van der Waals surface area (Å²) in [5.41, 5.74) is 1.14. The predicted molar refractivity (Wildman–Crippen MR) is 91.7 cm³/mol. The van der Waals surface area contributed by atoms with E-state index in [9.17, 15) is 9.59 Å². The molecular weight excluding hydrogens is 312 g/mol. The largest absolute Gasteiger partial charge is 0.352 e. The number of hydrogen-bond donors (Lipinski definition) is 2. The molecule has 23 heavy (non-hydrogen) atoms. The second-order valence-electron chi connectivity index (χ2n) is 4.77. The maximum Gasteiger partial charge on any atom is 0.251 e. The van der Waals surface area contributed by atoms with Gasteiger partial charge in [-0.3, -0.25) is 9.59 Å². The topological polar surface area (TPSA) is 76.0 Å². The molecule has 0 spiro atoms. The molecule has 6 nitrogen and oxygen atoms in total. The van der Waals surface area contributed by atoms with E-state index in [4.69, 9.17) is 0 Å². The van der Waals surface area contributed by atoms with Gasteiger partial charge in [0, 0.05) is 36.7 Å². The molecule has 0 fully saturated rings. The molecule has 0 radical (unpaired) electrons. The fraction of sp³-hybridized carbons (Fsp3) is 0.312. The summed E-state index contributed by atoms with van der Waals surface area (Å²) in [6, 6.07) is 6.89. The number of benzene rings is 1. The lowest BCUT2D eigenvalue weighted by Crippen LogP contribution is -2.23. The van der Waals surface area contributed by atoms with Crippen molar-refractivity contribution in [2.24, 2.45) is 0 Å². The molecule has 7 heteroatoms. The summed E-state index contributed by atoms with van der Waals surface area (Å²) in [6.07, 6.45) is 3.61. The first-order chi connectivity index (χ1) is 11.1. The lowest BCUT2D eigenvalue weighted by Gasteiger charge is -2.08. The number of anilines is 1. The minimum Gasteiger partial charge on any atom is -0.352 e. The second-order valence-corrected chi connectivity index (χ2v) is 5.72. The smallest absolute Gasteiger partial charge is 0.251 e. The monoisotopic (exact) mass is 332 g/mol. The molecule has 0 unspecified atom stereocenters. The highest BCUT2D eigenvalue weighted by molar-refractivity contribution is 7.99. The van der Waals surface area contributed by atoms with Crippen LogP contribution in [0.4, 0.5) is 5.69 Å². The van der Waals surface area contributed by atoms with Crippen LogP contribution in [-0.4, -0.2) is 33.7 Å². The molecule has 0 bridgehead atoms. The van der Waals surface area contributed by atoms with Gasteiger partial charge in [0.2, 0.25) is 5.91 Å². The molecular formula is C16H20N4O2S. The van der Waals surface area contributed by atoms with Crippen LogP contribution in [0, 0.1) is 0 Å². The van der Waals surface area contributed by atoms with Crippen molar-refractivity contribution in [2.45, 2.75) is 25.5 Å². The molecule has 122 valence electrons. The fourth-order valence-corrected chi connectivity index (χ4v) is 2.83. The Bertz CT molecular complexity index is 684. The van der Waals surface area contributed by atoms with Crippen molar-refractivity contribution in [3.8, 4) is 0 Å². The van der Waals surface area contributed by atoms with Gasteiger partial charge < -0.3 is 15.2 Å². The van der Waals surface area contributed by atoms with E-state index >= 15 is 0 Å². The van der Waals surface area contributed by atoms with Crippen LogP contribution in [0.1, 0.15) is 24.2 Å². The number of aryl methyl sites for hydroxylation is 1. The third kappa shape index (κ3) is 4.85. The molecule has 2 rings (SSSR count). The van der Waals surface area contributed by atoms with Gasteiger partial charge in [-0.1, -0.05) is 17.8 Å². The van der Waals surface area contributed by atoms with Crippen LogP contribution in [0.3, 0.4) is 0 Å². The molecule has 2 amide bonds. The number of hydrogen-bond acceptors (Lipinski definition) is 4. The SMILES string of the molecule is CCNC(=O)c1cccc(NC(=O)CSc2nccn2CC)c1. The number of thioether (sulfide) groups is 1. The number of amides is 2. The van der Waals surface area contributed by atoms with Gasteiger partial charge in [-0.2, -0.15) is 0 Å². The zero-order chi connectivity index (χ0) is 16.7. The maximum atomic E-state index is 12.0. The van der Waals surface area contributed by atoms with E-state index in [1.807, 2.05) is 24.6 Å². The minimum atomic E-state index is -0.150. The Balaban J connectivity index is 1.92. The molecule has 2 N–H and O–H groups in total. The number of aromatic nitrogens is 2. The van der Waals surface area contributed by atoms with Crippen molar-refractivity contribution >= 4 is 29.3 Å². The second kappa shape index (κ2) is 8.38. The van der Waals surface area contributed by atoms with Gasteiger partial charge in [0.15, 0.2) is 5.16 Å². The van der Waals surface area contributed by atoms with Gasteiger partial charge in [0.25, 0.3) is 5.91 Å². The minimum absolute atomic E-state index is 0.131. The molecule has 0 atom stereocenters. The van der Waals surface area contributed by atoms with Gasteiger partial charge >= 0.3 is 0 Å². The van der Waals surface area contributed by atoms with Crippen molar-refractivity contribution in [1.29, 1.82) is 0 Å². The van der Waals surface area contributed by atoms with Crippen molar-refractivity contribution < 1.29 is 9.59 Å². The van der Waals surface area contributed by atoms with E-state index < -0.39 is 0 Å². The Hall–Kier alpha value is -2.28. The molecule has 1 aromatic heterocycles. The summed E-state index contributed by atoms with van der Waals surface area (Å²) in [4.78, 5) is 28.1. The first kappa shape index (κ1) is 17.1. The quantitative estimate of drug-likeness (QED) is 0.763. The van der Waals surface area contributed by atoms with Crippen molar-refractivity contribution in [3.63, 3.8) is 0 Å². The van der Waals surface area contributed by atoms with E-state index in [0.717, 1.165) is 11.7 Å². The lowest BCUT2D eigenvalue weighted by atomic mass is 10.2. The maximum absolute atomic E-state index is 12.0. The zero-order valence-electron chi connectivity index (χ0n) is 13.2.